The lowest BCUT2D eigenvalue weighted by molar-refractivity contribution is 0.0413. The van der Waals surface area contributed by atoms with Crippen LogP contribution in [0.1, 0.15) is 55.6 Å². The van der Waals surface area contributed by atoms with E-state index in [1.54, 1.807) is 34.6 Å². The van der Waals surface area contributed by atoms with E-state index < -0.39 is 23.6 Å². The van der Waals surface area contributed by atoms with Crippen LogP contribution < -0.4 is 0 Å². The lowest BCUT2D eigenvalue weighted by atomic mass is 10.2. The van der Waals surface area contributed by atoms with Crippen molar-refractivity contribution in [2.45, 2.75) is 40.2 Å². The Bertz CT molecular complexity index is 614. The number of carbonyl (C=O) groups is 3. The normalized spacial score (nSPS) is 11.0. The molecule has 1 heterocycles. The second-order valence-corrected chi connectivity index (χ2v) is 6.34. The van der Waals surface area contributed by atoms with Crippen molar-refractivity contribution in [1.82, 2.24) is 4.57 Å². The molecule has 0 spiro atoms. The molecule has 0 aliphatic carbocycles. The van der Waals surface area contributed by atoms with Gasteiger partial charge in [-0.15, -0.1) is 0 Å². The van der Waals surface area contributed by atoms with Crippen molar-refractivity contribution < 1.29 is 28.6 Å². The smallest absolute Gasteiger partial charge is 0.420 e. The number of carbonyl (C=O) groups excluding carboxylic acids is 3. The average molecular weight is 390 g/mol. The summed E-state index contributed by atoms with van der Waals surface area (Å²) in [6.45, 7) is 8.57. The average Bonchev–Trinajstić information content (AvgIpc) is 2.75. The Kier molecular flexibility index (Phi) is 6.37. The van der Waals surface area contributed by atoms with E-state index in [-0.39, 0.29) is 29.1 Å². The van der Waals surface area contributed by atoms with Crippen LogP contribution in [0.3, 0.4) is 0 Å². The third kappa shape index (κ3) is 4.82. The molecular formula is C15H20BrNO6. The van der Waals surface area contributed by atoms with E-state index in [1.165, 1.54) is 6.07 Å². The fourth-order valence-corrected chi connectivity index (χ4v) is 2.28. The van der Waals surface area contributed by atoms with Gasteiger partial charge in [0.2, 0.25) is 0 Å². The highest BCUT2D eigenvalue weighted by atomic mass is 79.9. The highest BCUT2D eigenvalue weighted by molar-refractivity contribution is 9.10. The van der Waals surface area contributed by atoms with Crippen molar-refractivity contribution in [3.8, 4) is 0 Å². The van der Waals surface area contributed by atoms with Crippen LogP contribution in [0, 0.1) is 0 Å². The van der Waals surface area contributed by atoms with Gasteiger partial charge in [-0.05, 0) is 56.6 Å². The number of ether oxygens (including phenoxy) is 3. The Labute approximate surface area is 143 Å². The molecule has 0 N–H and O–H groups in total. The molecule has 1 aromatic rings. The van der Waals surface area contributed by atoms with Crippen LogP contribution in [0.5, 0.6) is 0 Å². The van der Waals surface area contributed by atoms with Crippen molar-refractivity contribution in [1.29, 1.82) is 0 Å². The van der Waals surface area contributed by atoms with Gasteiger partial charge in [0, 0.05) is 0 Å². The fourth-order valence-electron chi connectivity index (χ4n) is 1.72. The lowest BCUT2D eigenvalue weighted by Gasteiger charge is -2.21. The van der Waals surface area contributed by atoms with E-state index in [2.05, 4.69) is 15.9 Å². The lowest BCUT2D eigenvalue weighted by Crippen LogP contribution is -2.31. The SMILES string of the molecule is CCOC(=O)c1cc(Br)c(C(=O)OCC)n1C(=O)OC(C)(C)C. The summed E-state index contributed by atoms with van der Waals surface area (Å²) in [6.07, 6.45) is -0.866. The Morgan fingerprint density at radius 3 is 2.09 bits per heavy atom. The van der Waals surface area contributed by atoms with Crippen molar-refractivity contribution in [2.75, 3.05) is 13.2 Å². The van der Waals surface area contributed by atoms with Crippen molar-refractivity contribution in [2.24, 2.45) is 0 Å². The molecule has 0 unspecified atom stereocenters. The topological polar surface area (TPSA) is 83.8 Å². The quantitative estimate of drug-likeness (QED) is 0.579. The zero-order chi connectivity index (χ0) is 17.8. The van der Waals surface area contributed by atoms with E-state index in [4.69, 9.17) is 14.2 Å². The van der Waals surface area contributed by atoms with Crippen LogP contribution in [0.15, 0.2) is 10.5 Å². The summed E-state index contributed by atoms with van der Waals surface area (Å²) in [4.78, 5) is 36.6. The second-order valence-electron chi connectivity index (χ2n) is 5.48. The Balaban J connectivity index is 3.43. The molecule has 0 aliphatic heterocycles. The summed E-state index contributed by atoms with van der Waals surface area (Å²) in [5, 5.41) is 0. The molecule has 0 saturated heterocycles. The van der Waals surface area contributed by atoms with Crippen LogP contribution >= 0.6 is 15.9 Å². The van der Waals surface area contributed by atoms with Crippen LogP contribution in [0.2, 0.25) is 0 Å². The summed E-state index contributed by atoms with van der Waals surface area (Å²) in [6, 6.07) is 1.33. The van der Waals surface area contributed by atoms with Gasteiger partial charge in [-0.3, -0.25) is 0 Å². The number of hydrogen-bond donors (Lipinski definition) is 0. The predicted molar refractivity (Wildman–Crippen MR) is 85.7 cm³/mol. The van der Waals surface area contributed by atoms with Gasteiger partial charge in [0.1, 0.15) is 11.3 Å². The van der Waals surface area contributed by atoms with E-state index in [9.17, 15) is 14.4 Å². The van der Waals surface area contributed by atoms with Crippen molar-refractivity contribution in [3.63, 3.8) is 0 Å². The van der Waals surface area contributed by atoms with Gasteiger partial charge in [0.05, 0.1) is 17.7 Å². The molecule has 1 aromatic heterocycles. The number of halogens is 1. The molecule has 0 radical (unpaired) electrons. The monoisotopic (exact) mass is 389 g/mol. The number of rotatable bonds is 4. The van der Waals surface area contributed by atoms with Gasteiger partial charge in [-0.1, -0.05) is 0 Å². The van der Waals surface area contributed by atoms with Crippen LogP contribution in [-0.4, -0.2) is 41.4 Å². The Morgan fingerprint density at radius 2 is 1.61 bits per heavy atom. The van der Waals surface area contributed by atoms with Crippen molar-refractivity contribution in [3.05, 3.63) is 21.9 Å². The van der Waals surface area contributed by atoms with Gasteiger partial charge in [0.25, 0.3) is 0 Å². The molecule has 0 aromatic carbocycles. The first-order valence-electron chi connectivity index (χ1n) is 7.11. The highest BCUT2D eigenvalue weighted by Gasteiger charge is 2.31. The molecule has 0 amide bonds. The summed E-state index contributed by atoms with van der Waals surface area (Å²) in [5.74, 6) is -1.49. The minimum atomic E-state index is -0.866. The molecule has 0 atom stereocenters. The Hall–Kier alpha value is -1.83. The maximum Gasteiger partial charge on any atom is 0.420 e. The van der Waals surface area contributed by atoms with E-state index in [0.29, 0.717) is 0 Å². The molecule has 128 valence electrons. The van der Waals surface area contributed by atoms with E-state index >= 15 is 0 Å². The minimum absolute atomic E-state index is 0.115. The third-order valence-electron chi connectivity index (χ3n) is 2.48. The van der Waals surface area contributed by atoms with Gasteiger partial charge < -0.3 is 14.2 Å². The van der Waals surface area contributed by atoms with E-state index in [1.807, 2.05) is 0 Å². The summed E-state index contributed by atoms with van der Waals surface area (Å²) < 4.78 is 16.2. The number of hydrogen-bond acceptors (Lipinski definition) is 6. The zero-order valence-corrected chi connectivity index (χ0v) is 15.4. The minimum Gasteiger partial charge on any atom is -0.461 e. The van der Waals surface area contributed by atoms with Crippen LogP contribution in [0.4, 0.5) is 4.79 Å². The van der Waals surface area contributed by atoms with Crippen molar-refractivity contribution >= 4 is 34.0 Å². The molecule has 8 heteroatoms. The highest BCUT2D eigenvalue weighted by Crippen LogP contribution is 2.25. The molecule has 7 nitrogen and oxygen atoms in total. The molecular weight excluding hydrogens is 370 g/mol. The summed E-state index contributed by atoms with van der Waals surface area (Å²) in [5.41, 5.74) is -1.04. The number of nitrogens with zero attached hydrogens (tertiary/aromatic N) is 1. The fraction of sp³-hybridized carbons (Fsp3) is 0.533. The van der Waals surface area contributed by atoms with Gasteiger partial charge in [0.15, 0.2) is 5.69 Å². The first-order valence-corrected chi connectivity index (χ1v) is 7.90. The maximum absolute atomic E-state index is 12.4. The first kappa shape index (κ1) is 19.2. The molecule has 23 heavy (non-hydrogen) atoms. The Morgan fingerprint density at radius 1 is 1.09 bits per heavy atom. The number of esters is 2. The maximum atomic E-state index is 12.4. The van der Waals surface area contributed by atoms with Gasteiger partial charge in [-0.2, -0.15) is 0 Å². The second kappa shape index (κ2) is 7.63. The molecule has 0 fully saturated rings. The summed E-state index contributed by atoms with van der Waals surface area (Å²) in [7, 11) is 0. The molecule has 1 rings (SSSR count). The standard InChI is InChI=1S/C15H20BrNO6/c1-6-21-12(18)10-8-9(16)11(13(19)22-7-2)17(10)14(20)23-15(3,4)5/h8H,6-7H2,1-5H3. The number of aromatic nitrogens is 1. The third-order valence-corrected chi connectivity index (χ3v) is 3.09. The van der Waals surface area contributed by atoms with Crippen LogP contribution in [0.25, 0.3) is 0 Å². The van der Waals surface area contributed by atoms with E-state index in [0.717, 1.165) is 4.57 Å². The zero-order valence-electron chi connectivity index (χ0n) is 13.8. The summed E-state index contributed by atoms with van der Waals surface area (Å²) >= 11 is 3.17. The van der Waals surface area contributed by atoms with Gasteiger partial charge in [-0.25, -0.2) is 19.0 Å². The van der Waals surface area contributed by atoms with Crippen LogP contribution in [-0.2, 0) is 14.2 Å². The molecule has 0 saturated carbocycles. The largest absolute Gasteiger partial charge is 0.461 e. The molecule has 0 aliphatic rings. The molecule has 0 bridgehead atoms. The first-order chi connectivity index (χ1) is 10.6. The predicted octanol–water partition coefficient (Wildman–Crippen LogP) is 3.39. The van der Waals surface area contributed by atoms with Gasteiger partial charge >= 0.3 is 18.0 Å².